The van der Waals surface area contributed by atoms with Crippen molar-refractivity contribution in [1.29, 1.82) is 0 Å². The van der Waals surface area contributed by atoms with E-state index < -0.39 is 0 Å². The third kappa shape index (κ3) is 4.80. The molecule has 3 aromatic heterocycles. The van der Waals surface area contributed by atoms with Gasteiger partial charge in [-0.1, -0.05) is 109 Å². The number of aromatic nitrogens is 3. The maximum absolute atomic E-state index is 5.09. The average molecular weight is 653 g/mol. The summed E-state index contributed by atoms with van der Waals surface area (Å²) < 4.78 is 4.70. The van der Waals surface area contributed by atoms with Gasteiger partial charge in [-0.15, -0.1) is 0 Å². The minimum absolute atomic E-state index is 0.949. The quantitative estimate of drug-likeness (QED) is 0.179. The zero-order valence-corrected chi connectivity index (χ0v) is 27.8. The minimum Gasteiger partial charge on any atom is -0.310 e. The van der Waals surface area contributed by atoms with E-state index in [0.29, 0.717) is 0 Å². The van der Waals surface area contributed by atoms with E-state index >= 15 is 0 Å². The number of hydrogen-bond acceptors (Lipinski definition) is 2. The monoisotopic (exact) mass is 652 g/mol. The van der Waals surface area contributed by atoms with Gasteiger partial charge in [0.15, 0.2) is 0 Å². The minimum atomic E-state index is 0.949. The number of para-hydroxylation sites is 5. The largest absolute Gasteiger partial charge is 0.310 e. The molecule has 0 aliphatic rings. The molecule has 4 heteroatoms. The van der Waals surface area contributed by atoms with Gasteiger partial charge in [0, 0.05) is 55.5 Å². The highest BCUT2D eigenvalue weighted by Gasteiger charge is 2.18. The van der Waals surface area contributed by atoms with Gasteiger partial charge < -0.3 is 14.0 Å². The molecular formula is C47H32N4. The Morgan fingerprint density at radius 3 is 1.57 bits per heavy atom. The lowest BCUT2D eigenvalue weighted by atomic mass is 10.1. The lowest BCUT2D eigenvalue weighted by Crippen LogP contribution is -2.10. The van der Waals surface area contributed by atoms with Gasteiger partial charge in [0.1, 0.15) is 0 Å². The van der Waals surface area contributed by atoms with Crippen molar-refractivity contribution < 1.29 is 0 Å². The van der Waals surface area contributed by atoms with Crippen LogP contribution < -0.4 is 4.90 Å². The molecule has 10 rings (SSSR count). The Morgan fingerprint density at radius 2 is 0.882 bits per heavy atom. The predicted molar refractivity (Wildman–Crippen MR) is 213 cm³/mol. The van der Waals surface area contributed by atoms with Crippen LogP contribution in [0.4, 0.5) is 17.1 Å². The lowest BCUT2D eigenvalue weighted by Gasteiger charge is -2.26. The summed E-state index contributed by atoms with van der Waals surface area (Å²) in [5, 5.41) is 4.84. The predicted octanol–water partition coefficient (Wildman–Crippen LogP) is 12.4. The molecule has 0 radical (unpaired) electrons. The van der Waals surface area contributed by atoms with Crippen LogP contribution in [0.5, 0.6) is 0 Å². The average Bonchev–Trinajstić information content (AvgIpc) is 3.71. The molecule has 0 N–H and O–H groups in total. The van der Waals surface area contributed by atoms with Gasteiger partial charge in [-0.05, 0) is 78.9 Å². The van der Waals surface area contributed by atoms with Crippen LogP contribution in [0.15, 0.2) is 194 Å². The number of pyridine rings is 1. The first kappa shape index (κ1) is 29.0. The van der Waals surface area contributed by atoms with Crippen LogP contribution in [0.1, 0.15) is 0 Å². The smallest absolute Gasteiger partial charge is 0.0724 e. The Labute approximate surface area is 295 Å². The van der Waals surface area contributed by atoms with E-state index in [9.17, 15) is 0 Å². The number of rotatable bonds is 6. The van der Waals surface area contributed by atoms with E-state index in [1.165, 1.54) is 32.6 Å². The third-order valence-electron chi connectivity index (χ3n) is 9.92. The highest BCUT2D eigenvalue weighted by atomic mass is 15.1. The molecule has 0 fully saturated rings. The summed E-state index contributed by atoms with van der Waals surface area (Å²) in [6.07, 6.45) is 2.03. The topological polar surface area (TPSA) is 26.0 Å². The summed E-state index contributed by atoms with van der Waals surface area (Å²) in [4.78, 5) is 7.40. The highest BCUT2D eigenvalue weighted by Crippen LogP contribution is 2.39. The van der Waals surface area contributed by atoms with E-state index in [1.807, 2.05) is 6.20 Å². The number of anilines is 3. The molecular weight excluding hydrogens is 621 g/mol. The summed E-state index contributed by atoms with van der Waals surface area (Å²) in [7, 11) is 0. The Hall–Kier alpha value is -6.91. The van der Waals surface area contributed by atoms with Crippen molar-refractivity contribution >= 4 is 60.7 Å². The van der Waals surface area contributed by atoms with Crippen molar-refractivity contribution in [2.45, 2.75) is 0 Å². The fourth-order valence-corrected chi connectivity index (χ4v) is 7.66. The molecule has 0 saturated carbocycles. The van der Waals surface area contributed by atoms with E-state index in [-0.39, 0.29) is 0 Å². The SMILES string of the molecule is c1ccc(N(c2ccccc2)c2cccc(-n3c4ccccc4c4ccc(-c5cc6c7ccccc7n(-c7ccccc7)c6cn5)cc43)c2)cc1. The van der Waals surface area contributed by atoms with Gasteiger partial charge in [0.2, 0.25) is 0 Å². The normalized spacial score (nSPS) is 11.5. The summed E-state index contributed by atoms with van der Waals surface area (Å²) >= 11 is 0. The van der Waals surface area contributed by atoms with Crippen LogP contribution in [0, 0.1) is 0 Å². The number of benzene rings is 7. The maximum atomic E-state index is 5.09. The number of hydrogen-bond donors (Lipinski definition) is 0. The zero-order valence-electron chi connectivity index (χ0n) is 27.8. The second-order valence-electron chi connectivity index (χ2n) is 12.9. The molecule has 0 aliphatic heterocycles. The molecule has 0 bridgehead atoms. The van der Waals surface area contributed by atoms with E-state index in [4.69, 9.17) is 4.98 Å². The van der Waals surface area contributed by atoms with Gasteiger partial charge in [-0.2, -0.15) is 0 Å². The number of nitrogens with zero attached hydrogens (tertiary/aromatic N) is 4. The summed E-state index contributed by atoms with van der Waals surface area (Å²) in [6, 6.07) is 66.9. The summed E-state index contributed by atoms with van der Waals surface area (Å²) in [6.45, 7) is 0. The Kier molecular flexibility index (Phi) is 6.78. The maximum Gasteiger partial charge on any atom is 0.0724 e. The Bertz CT molecular complexity index is 2810. The molecule has 51 heavy (non-hydrogen) atoms. The van der Waals surface area contributed by atoms with Gasteiger partial charge in [-0.25, -0.2) is 0 Å². The second-order valence-corrected chi connectivity index (χ2v) is 12.9. The molecule has 7 aromatic carbocycles. The molecule has 0 aliphatic carbocycles. The van der Waals surface area contributed by atoms with E-state index in [1.54, 1.807) is 0 Å². The zero-order chi connectivity index (χ0) is 33.7. The molecule has 0 atom stereocenters. The van der Waals surface area contributed by atoms with Gasteiger partial charge >= 0.3 is 0 Å². The number of fused-ring (bicyclic) bond motifs is 6. The second kappa shape index (κ2) is 11.9. The summed E-state index contributed by atoms with van der Waals surface area (Å²) in [5.41, 5.74) is 12.2. The molecule has 4 nitrogen and oxygen atoms in total. The molecule has 0 unspecified atom stereocenters. The van der Waals surface area contributed by atoms with Crippen LogP contribution in [-0.4, -0.2) is 14.1 Å². The standard InChI is InChI=1S/C47H32N4/c1-4-15-34(16-5-1)49(35-17-6-2-7-18-35)37-21-14-22-38(30-37)51-44-25-12-10-23-39(44)41-28-27-33(29-46(41)51)43-31-42-40-24-11-13-26-45(40)50(47(42)32-48-43)36-19-8-3-9-20-36/h1-32H. The van der Waals surface area contributed by atoms with Crippen LogP contribution in [0.3, 0.4) is 0 Å². The van der Waals surface area contributed by atoms with Gasteiger partial charge in [0.05, 0.1) is 34.0 Å². The first-order chi connectivity index (χ1) is 25.3. The van der Waals surface area contributed by atoms with Crippen molar-refractivity contribution in [1.82, 2.24) is 14.1 Å². The van der Waals surface area contributed by atoms with Crippen molar-refractivity contribution in [3.05, 3.63) is 194 Å². The fraction of sp³-hybridized carbons (Fsp3) is 0. The molecule has 3 heterocycles. The molecule has 0 saturated heterocycles. The Balaban J connectivity index is 1.16. The first-order valence-corrected chi connectivity index (χ1v) is 17.3. The highest BCUT2D eigenvalue weighted by molar-refractivity contribution is 6.12. The lowest BCUT2D eigenvalue weighted by molar-refractivity contribution is 1.16. The van der Waals surface area contributed by atoms with Crippen molar-refractivity contribution in [2.75, 3.05) is 4.90 Å². The fourth-order valence-electron chi connectivity index (χ4n) is 7.66. The van der Waals surface area contributed by atoms with Crippen LogP contribution in [0.2, 0.25) is 0 Å². The third-order valence-corrected chi connectivity index (χ3v) is 9.92. The van der Waals surface area contributed by atoms with Crippen molar-refractivity contribution in [2.24, 2.45) is 0 Å². The van der Waals surface area contributed by atoms with Crippen LogP contribution in [0.25, 0.3) is 66.2 Å². The summed E-state index contributed by atoms with van der Waals surface area (Å²) in [5.74, 6) is 0. The molecule has 240 valence electrons. The van der Waals surface area contributed by atoms with Gasteiger partial charge in [0.25, 0.3) is 0 Å². The molecule has 0 spiro atoms. The first-order valence-electron chi connectivity index (χ1n) is 17.3. The van der Waals surface area contributed by atoms with E-state index in [0.717, 1.165) is 50.7 Å². The van der Waals surface area contributed by atoms with E-state index in [2.05, 4.69) is 202 Å². The van der Waals surface area contributed by atoms with Crippen molar-refractivity contribution in [3.8, 4) is 22.6 Å². The van der Waals surface area contributed by atoms with Gasteiger partial charge in [-0.3, -0.25) is 4.98 Å². The molecule has 10 aromatic rings. The Morgan fingerprint density at radius 1 is 0.353 bits per heavy atom. The van der Waals surface area contributed by atoms with Crippen molar-refractivity contribution in [3.63, 3.8) is 0 Å². The van der Waals surface area contributed by atoms with Crippen LogP contribution >= 0.6 is 0 Å². The molecule has 0 amide bonds. The van der Waals surface area contributed by atoms with Crippen LogP contribution in [-0.2, 0) is 0 Å².